The van der Waals surface area contributed by atoms with E-state index in [1.807, 2.05) is 20.8 Å². The van der Waals surface area contributed by atoms with E-state index < -0.39 is 0 Å². The molecule has 1 unspecified atom stereocenters. The summed E-state index contributed by atoms with van der Waals surface area (Å²) < 4.78 is 0. The molecule has 0 saturated heterocycles. The second kappa shape index (κ2) is 6.34. The molecular formula is C18H26O2. The van der Waals surface area contributed by atoms with Crippen LogP contribution in [0.5, 0.6) is 0 Å². The first-order valence-corrected chi connectivity index (χ1v) is 7.26. The lowest BCUT2D eigenvalue weighted by atomic mass is 9.85. The second-order valence-electron chi connectivity index (χ2n) is 6.14. The van der Waals surface area contributed by atoms with Crippen molar-refractivity contribution in [2.45, 2.75) is 61.3 Å². The topological polar surface area (TPSA) is 34.1 Å². The maximum absolute atomic E-state index is 12.6. The van der Waals surface area contributed by atoms with Crippen LogP contribution in [0.2, 0.25) is 0 Å². The monoisotopic (exact) mass is 274 g/mol. The number of hydrogen-bond donors (Lipinski definition) is 0. The minimum Gasteiger partial charge on any atom is -0.300 e. The molecule has 0 aliphatic carbocycles. The van der Waals surface area contributed by atoms with Gasteiger partial charge in [0.2, 0.25) is 0 Å². The highest BCUT2D eigenvalue weighted by molar-refractivity contribution is 6.00. The maximum atomic E-state index is 12.6. The Labute approximate surface area is 122 Å². The van der Waals surface area contributed by atoms with Crippen molar-refractivity contribution in [3.63, 3.8) is 0 Å². The predicted octanol–water partition coefficient (Wildman–Crippen LogP) is 4.42. The summed E-state index contributed by atoms with van der Waals surface area (Å²) in [7, 11) is 0. The van der Waals surface area contributed by atoms with Crippen LogP contribution >= 0.6 is 0 Å². The van der Waals surface area contributed by atoms with Crippen molar-refractivity contribution in [3.05, 3.63) is 33.4 Å². The fraction of sp³-hybridized carbons (Fsp3) is 0.556. The van der Waals surface area contributed by atoms with Crippen LogP contribution in [-0.4, -0.2) is 11.6 Å². The van der Waals surface area contributed by atoms with Gasteiger partial charge in [0.05, 0.1) is 0 Å². The standard InChI is InChI=1S/C18H26O2/c1-10(8-11(2)19)9-17(20)18-15(6)13(4)12(3)14(5)16(18)7/h10H,8-9H2,1-7H3. The molecule has 0 bridgehead atoms. The van der Waals surface area contributed by atoms with Crippen molar-refractivity contribution in [1.29, 1.82) is 0 Å². The minimum absolute atomic E-state index is 0.112. The van der Waals surface area contributed by atoms with Crippen molar-refractivity contribution in [2.24, 2.45) is 5.92 Å². The number of carbonyl (C=O) groups is 2. The Balaban J connectivity index is 3.14. The average molecular weight is 274 g/mol. The van der Waals surface area contributed by atoms with Gasteiger partial charge in [-0.1, -0.05) is 6.92 Å². The summed E-state index contributed by atoms with van der Waals surface area (Å²) in [6.07, 6.45) is 0.927. The molecule has 0 amide bonds. The van der Waals surface area contributed by atoms with E-state index in [-0.39, 0.29) is 17.5 Å². The summed E-state index contributed by atoms with van der Waals surface area (Å²) in [5.41, 5.74) is 6.72. The lowest BCUT2D eigenvalue weighted by Gasteiger charge is -2.19. The Hall–Kier alpha value is -1.44. The third-order valence-corrected chi connectivity index (χ3v) is 4.45. The molecule has 0 radical (unpaired) electrons. The lowest BCUT2D eigenvalue weighted by molar-refractivity contribution is -0.117. The van der Waals surface area contributed by atoms with Gasteiger partial charge in [-0.25, -0.2) is 0 Å². The highest BCUT2D eigenvalue weighted by Gasteiger charge is 2.20. The number of rotatable bonds is 5. The van der Waals surface area contributed by atoms with Crippen LogP contribution in [0.25, 0.3) is 0 Å². The molecule has 0 heterocycles. The van der Waals surface area contributed by atoms with E-state index in [4.69, 9.17) is 0 Å². The van der Waals surface area contributed by atoms with E-state index in [9.17, 15) is 9.59 Å². The average Bonchev–Trinajstić information content (AvgIpc) is 2.33. The van der Waals surface area contributed by atoms with E-state index >= 15 is 0 Å². The summed E-state index contributed by atoms with van der Waals surface area (Å²) in [5, 5.41) is 0. The van der Waals surface area contributed by atoms with E-state index in [1.54, 1.807) is 6.92 Å². The fourth-order valence-electron chi connectivity index (χ4n) is 2.90. The molecule has 1 atom stereocenters. The summed E-state index contributed by atoms with van der Waals surface area (Å²) in [6, 6.07) is 0. The zero-order valence-electron chi connectivity index (χ0n) is 13.8. The predicted molar refractivity (Wildman–Crippen MR) is 83.5 cm³/mol. The van der Waals surface area contributed by atoms with Gasteiger partial charge in [-0.05, 0) is 75.3 Å². The molecule has 0 aliphatic heterocycles. The van der Waals surface area contributed by atoms with Gasteiger partial charge in [0.25, 0.3) is 0 Å². The van der Waals surface area contributed by atoms with Crippen LogP contribution in [0, 0.1) is 40.5 Å². The highest BCUT2D eigenvalue weighted by Crippen LogP contribution is 2.28. The molecule has 1 aromatic rings. The van der Waals surface area contributed by atoms with E-state index in [0.29, 0.717) is 12.8 Å². The third-order valence-electron chi connectivity index (χ3n) is 4.45. The Bertz CT molecular complexity index is 524. The van der Waals surface area contributed by atoms with E-state index in [0.717, 1.165) is 16.7 Å². The number of Topliss-reactive ketones (excluding diaryl/α,β-unsaturated/α-hetero) is 2. The summed E-state index contributed by atoms with van der Waals surface area (Å²) in [5.74, 6) is 0.427. The van der Waals surface area contributed by atoms with Crippen LogP contribution < -0.4 is 0 Å². The van der Waals surface area contributed by atoms with Gasteiger partial charge in [0.1, 0.15) is 5.78 Å². The molecule has 0 saturated carbocycles. The van der Waals surface area contributed by atoms with E-state index in [2.05, 4.69) is 20.8 Å². The number of benzene rings is 1. The number of ketones is 2. The van der Waals surface area contributed by atoms with Gasteiger partial charge in [0.15, 0.2) is 5.78 Å². The Morgan fingerprint density at radius 2 is 1.20 bits per heavy atom. The molecule has 2 nitrogen and oxygen atoms in total. The van der Waals surface area contributed by atoms with Gasteiger partial charge in [-0.3, -0.25) is 4.79 Å². The third kappa shape index (κ3) is 3.36. The van der Waals surface area contributed by atoms with Crippen LogP contribution in [-0.2, 0) is 4.79 Å². The molecule has 1 aromatic carbocycles. The first-order chi connectivity index (χ1) is 9.16. The van der Waals surface area contributed by atoms with Crippen LogP contribution in [0.3, 0.4) is 0 Å². The molecule has 110 valence electrons. The van der Waals surface area contributed by atoms with Crippen LogP contribution in [0.1, 0.15) is 64.9 Å². The van der Waals surface area contributed by atoms with Crippen molar-refractivity contribution in [2.75, 3.05) is 0 Å². The minimum atomic E-state index is 0.112. The van der Waals surface area contributed by atoms with Crippen molar-refractivity contribution in [1.82, 2.24) is 0 Å². The Morgan fingerprint density at radius 1 is 0.800 bits per heavy atom. The van der Waals surface area contributed by atoms with E-state index in [1.165, 1.54) is 16.7 Å². The number of carbonyl (C=O) groups excluding carboxylic acids is 2. The Kier molecular flexibility index (Phi) is 5.27. The zero-order chi connectivity index (χ0) is 15.6. The lowest BCUT2D eigenvalue weighted by Crippen LogP contribution is -2.14. The molecule has 0 aromatic heterocycles. The SMILES string of the molecule is CC(=O)CC(C)CC(=O)c1c(C)c(C)c(C)c(C)c1C. The fourth-order valence-corrected chi connectivity index (χ4v) is 2.90. The highest BCUT2D eigenvalue weighted by atomic mass is 16.1. The molecule has 0 N–H and O–H groups in total. The Morgan fingerprint density at radius 3 is 1.60 bits per heavy atom. The zero-order valence-corrected chi connectivity index (χ0v) is 13.8. The molecule has 0 fully saturated rings. The summed E-state index contributed by atoms with van der Waals surface area (Å²) >= 11 is 0. The molecular weight excluding hydrogens is 248 g/mol. The first-order valence-electron chi connectivity index (χ1n) is 7.26. The van der Waals surface area contributed by atoms with Crippen LogP contribution in [0.4, 0.5) is 0 Å². The maximum Gasteiger partial charge on any atom is 0.163 e. The molecule has 20 heavy (non-hydrogen) atoms. The molecule has 0 aliphatic rings. The van der Waals surface area contributed by atoms with Gasteiger partial charge in [-0.2, -0.15) is 0 Å². The molecule has 2 heteroatoms. The first kappa shape index (κ1) is 16.6. The largest absolute Gasteiger partial charge is 0.300 e. The van der Waals surface area contributed by atoms with Crippen LogP contribution in [0.15, 0.2) is 0 Å². The van der Waals surface area contributed by atoms with Gasteiger partial charge in [0, 0.05) is 18.4 Å². The molecule has 0 spiro atoms. The normalized spacial score (nSPS) is 12.3. The van der Waals surface area contributed by atoms with Gasteiger partial charge < -0.3 is 4.79 Å². The van der Waals surface area contributed by atoms with Gasteiger partial charge in [-0.15, -0.1) is 0 Å². The summed E-state index contributed by atoms with van der Waals surface area (Å²) in [6.45, 7) is 13.9. The molecule has 1 rings (SSSR count). The smallest absolute Gasteiger partial charge is 0.163 e. The number of hydrogen-bond acceptors (Lipinski definition) is 2. The quantitative estimate of drug-likeness (QED) is 0.745. The van der Waals surface area contributed by atoms with Crippen molar-refractivity contribution in [3.8, 4) is 0 Å². The second-order valence-corrected chi connectivity index (χ2v) is 6.14. The van der Waals surface area contributed by atoms with Gasteiger partial charge >= 0.3 is 0 Å². The van der Waals surface area contributed by atoms with Crippen molar-refractivity contribution < 1.29 is 9.59 Å². The summed E-state index contributed by atoms with van der Waals surface area (Å²) in [4.78, 5) is 23.7. The van der Waals surface area contributed by atoms with Crippen molar-refractivity contribution >= 4 is 11.6 Å².